The third-order valence-corrected chi connectivity index (χ3v) is 2.38. The Balaban J connectivity index is 2.45. The van der Waals surface area contributed by atoms with E-state index in [9.17, 15) is 4.79 Å². The van der Waals surface area contributed by atoms with Crippen LogP contribution >= 0.6 is 0 Å². The van der Waals surface area contributed by atoms with Crippen molar-refractivity contribution in [2.24, 2.45) is 7.05 Å². The van der Waals surface area contributed by atoms with E-state index in [1.54, 1.807) is 17.9 Å². The molecule has 17 heavy (non-hydrogen) atoms. The van der Waals surface area contributed by atoms with E-state index in [1.807, 2.05) is 19.2 Å². The molecule has 1 aromatic heterocycles. The van der Waals surface area contributed by atoms with Crippen molar-refractivity contribution in [2.45, 2.75) is 6.92 Å². The first-order valence-corrected chi connectivity index (χ1v) is 5.14. The predicted octanol–water partition coefficient (Wildman–Crippen LogP) is 0.559. The summed E-state index contributed by atoms with van der Waals surface area (Å²) >= 11 is 0. The summed E-state index contributed by atoms with van der Waals surface area (Å²) in [4.78, 5) is 11.6. The molecule has 0 atom stereocenters. The fourth-order valence-corrected chi connectivity index (χ4v) is 1.61. The van der Waals surface area contributed by atoms with Crippen molar-refractivity contribution in [3.8, 4) is 0 Å². The zero-order chi connectivity index (χ0) is 12.4. The Labute approximate surface area is 98.9 Å². The van der Waals surface area contributed by atoms with Crippen molar-refractivity contribution in [2.75, 3.05) is 7.11 Å². The quantitative estimate of drug-likeness (QED) is 0.732. The van der Waals surface area contributed by atoms with Crippen LogP contribution in [0, 0.1) is 0 Å². The number of carbonyl (C=O) groups is 1. The van der Waals surface area contributed by atoms with Crippen LogP contribution in [0.5, 0.6) is 0 Å². The van der Waals surface area contributed by atoms with Crippen LogP contribution in [0.25, 0.3) is 5.70 Å². The number of methoxy groups -OCH3 is 1. The molecule has 2 N–H and O–H groups in total. The van der Waals surface area contributed by atoms with Gasteiger partial charge in [0.25, 0.3) is 0 Å². The highest BCUT2D eigenvalue weighted by molar-refractivity contribution is 5.93. The number of nitrogens with one attached hydrogen (secondary N) is 2. The molecule has 6 heteroatoms. The predicted molar refractivity (Wildman–Crippen MR) is 62.6 cm³/mol. The van der Waals surface area contributed by atoms with Crippen LogP contribution < -0.4 is 10.9 Å². The SMILES string of the molecule is COC(=O)c1nn(C)cc1C1=CC(C)=CNN1. The number of allylic oxidation sites excluding steroid dienone is 2. The smallest absolute Gasteiger partial charge is 0.359 e. The zero-order valence-electron chi connectivity index (χ0n) is 9.94. The summed E-state index contributed by atoms with van der Waals surface area (Å²) in [5.74, 6) is -0.449. The number of nitrogens with zero attached hydrogens (tertiary/aromatic N) is 2. The lowest BCUT2D eigenvalue weighted by atomic mass is 10.1. The number of hydrogen-bond acceptors (Lipinski definition) is 5. The Hall–Kier alpha value is -2.24. The average molecular weight is 234 g/mol. The van der Waals surface area contributed by atoms with E-state index in [-0.39, 0.29) is 0 Å². The molecule has 90 valence electrons. The van der Waals surface area contributed by atoms with E-state index in [1.165, 1.54) is 7.11 Å². The molecule has 1 aliphatic rings. The van der Waals surface area contributed by atoms with Gasteiger partial charge in [-0.25, -0.2) is 4.79 Å². The molecular formula is C11H14N4O2. The number of carbonyl (C=O) groups excluding carboxylic acids is 1. The zero-order valence-corrected chi connectivity index (χ0v) is 9.94. The second kappa shape index (κ2) is 4.32. The van der Waals surface area contributed by atoms with E-state index < -0.39 is 5.97 Å². The molecule has 0 radical (unpaired) electrons. The van der Waals surface area contributed by atoms with Crippen LogP contribution in [0.15, 0.2) is 24.0 Å². The van der Waals surface area contributed by atoms with E-state index >= 15 is 0 Å². The summed E-state index contributed by atoms with van der Waals surface area (Å²) in [6.45, 7) is 1.96. The molecule has 0 spiro atoms. The maximum atomic E-state index is 11.6. The fraction of sp³-hybridized carbons (Fsp3) is 0.273. The molecule has 2 heterocycles. The summed E-state index contributed by atoms with van der Waals surface area (Å²) in [7, 11) is 3.10. The van der Waals surface area contributed by atoms with Crippen molar-refractivity contribution < 1.29 is 9.53 Å². The molecule has 0 aliphatic carbocycles. The van der Waals surface area contributed by atoms with Crippen molar-refractivity contribution in [3.05, 3.63) is 35.3 Å². The molecule has 0 bridgehead atoms. The van der Waals surface area contributed by atoms with Gasteiger partial charge in [0, 0.05) is 19.4 Å². The molecule has 0 fully saturated rings. The van der Waals surface area contributed by atoms with Gasteiger partial charge in [0.2, 0.25) is 0 Å². The minimum atomic E-state index is -0.449. The number of aryl methyl sites for hydroxylation is 1. The number of hydrogen-bond donors (Lipinski definition) is 2. The topological polar surface area (TPSA) is 68.2 Å². The molecule has 0 aromatic carbocycles. The molecule has 2 rings (SSSR count). The maximum absolute atomic E-state index is 11.6. The van der Waals surface area contributed by atoms with E-state index in [0.717, 1.165) is 11.3 Å². The molecular weight excluding hydrogens is 220 g/mol. The Morgan fingerprint density at radius 3 is 2.94 bits per heavy atom. The summed E-state index contributed by atoms with van der Waals surface area (Å²) in [5.41, 5.74) is 8.73. The van der Waals surface area contributed by atoms with Gasteiger partial charge in [-0.3, -0.25) is 4.68 Å². The maximum Gasteiger partial charge on any atom is 0.359 e. The first-order valence-electron chi connectivity index (χ1n) is 5.14. The number of esters is 1. The van der Waals surface area contributed by atoms with Crippen LogP contribution in [0.2, 0.25) is 0 Å². The highest BCUT2D eigenvalue weighted by atomic mass is 16.5. The summed E-state index contributed by atoms with van der Waals surface area (Å²) in [5, 5.41) is 4.10. The Morgan fingerprint density at radius 2 is 2.29 bits per heavy atom. The molecule has 0 amide bonds. The first kappa shape index (κ1) is 11.3. The molecule has 0 saturated carbocycles. The van der Waals surface area contributed by atoms with Gasteiger partial charge >= 0.3 is 5.97 Å². The monoisotopic (exact) mass is 234 g/mol. The average Bonchev–Trinajstić information content (AvgIpc) is 2.70. The van der Waals surface area contributed by atoms with Crippen LogP contribution in [-0.4, -0.2) is 22.9 Å². The minimum absolute atomic E-state index is 0.297. The Morgan fingerprint density at radius 1 is 1.53 bits per heavy atom. The number of ether oxygens (including phenoxy) is 1. The second-order valence-electron chi connectivity index (χ2n) is 3.77. The molecule has 6 nitrogen and oxygen atoms in total. The first-order chi connectivity index (χ1) is 8.11. The summed E-state index contributed by atoms with van der Waals surface area (Å²) in [6, 6.07) is 0. The van der Waals surface area contributed by atoms with Crippen LogP contribution in [-0.2, 0) is 11.8 Å². The van der Waals surface area contributed by atoms with Crippen LogP contribution in [0.1, 0.15) is 23.0 Å². The lowest BCUT2D eigenvalue weighted by Crippen LogP contribution is -2.28. The Kier molecular flexibility index (Phi) is 2.86. The van der Waals surface area contributed by atoms with Gasteiger partial charge in [-0.1, -0.05) is 0 Å². The van der Waals surface area contributed by atoms with Gasteiger partial charge in [-0.15, -0.1) is 0 Å². The third-order valence-electron chi connectivity index (χ3n) is 2.38. The molecule has 1 aliphatic heterocycles. The van der Waals surface area contributed by atoms with E-state index in [4.69, 9.17) is 4.74 Å². The van der Waals surface area contributed by atoms with Gasteiger partial charge in [-0.2, -0.15) is 5.10 Å². The normalized spacial score (nSPS) is 14.3. The lowest BCUT2D eigenvalue weighted by Gasteiger charge is -2.15. The van der Waals surface area contributed by atoms with Crippen molar-refractivity contribution in [1.82, 2.24) is 20.6 Å². The van der Waals surface area contributed by atoms with Crippen LogP contribution in [0.4, 0.5) is 0 Å². The van der Waals surface area contributed by atoms with Gasteiger partial charge in [0.1, 0.15) is 0 Å². The summed E-state index contributed by atoms with van der Waals surface area (Å²) in [6.07, 6.45) is 5.53. The summed E-state index contributed by atoms with van der Waals surface area (Å²) < 4.78 is 6.28. The van der Waals surface area contributed by atoms with Gasteiger partial charge < -0.3 is 15.6 Å². The molecule has 1 aromatic rings. The molecule has 0 saturated heterocycles. The van der Waals surface area contributed by atoms with E-state index in [0.29, 0.717) is 11.3 Å². The van der Waals surface area contributed by atoms with E-state index in [2.05, 4.69) is 16.0 Å². The second-order valence-corrected chi connectivity index (χ2v) is 3.77. The minimum Gasteiger partial charge on any atom is -0.464 e. The standard InChI is InChI=1S/C11H14N4O2/c1-7-4-9(13-12-5-7)8-6-15(2)14-10(8)11(16)17-3/h4-6,12-13H,1-3H3. The van der Waals surface area contributed by atoms with Crippen molar-refractivity contribution in [1.29, 1.82) is 0 Å². The van der Waals surface area contributed by atoms with Gasteiger partial charge in [-0.05, 0) is 18.6 Å². The van der Waals surface area contributed by atoms with Crippen molar-refractivity contribution in [3.63, 3.8) is 0 Å². The van der Waals surface area contributed by atoms with Gasteiger partial charge in [0.05, 0.1) is 18.4 Å². The number of aromatic nitrogens is 2. The molecule has 0 unspecified atom stereocenters. The fourth-order valence-electron chi connectivity index (χ4n) is 1.61. The highest BCUT2D eigenvalue weighted by Gasteiger charge is 2.20. The largest absolute Gasteiger partial charge is 0.464 e. The lowest BCUT2D eigenvalue weighted by molar-refractivity contribution is 0.0592. The Bertz CT molecular complexity index is 514. The van der Waals surface area contributed by atoms with Crippen LogP contribution in [0.3, 0.4) is 0 Å². The van der Waals surface area contributed by atoms with Gasteiger partial charge in [0.15, 0.2) is 5.69 Å². The third kappa shape index (κ3) is 2.15. The van der Waals surface area contributed by atoms with Crippen molar-refractivity contribution >= 4 is 11.7 Å². The number of hydrazine groups is 1. The number of rotatable bonds is 2. The highest BCUT2D eigenvalue weighted by Crippen LogP contribution is 2.19.